The highest BCUT2D eigenvalue weighted by molar-refractivity contribution is 7.17. The molecule has 3 nitrogen and oxygen atoms in total. The molecule has 5 heteroatoms. The van der Waals surface area contributed by atoms with Gasteiger partial charge in [-0.15, -0.1) is 11.3 Å². The molecule has 0 saturated heterocycles. The minimum Gasteiger partial charge on any atom is -0.476 e. The summed E-state index contributed by atoms with van der Waals surface area (Å²) in [6.45, 7) is 1.78. The zero-order valence-corrected chi connectivity index (χ0v) is 9.97. The lowest BCUT2D eigenvalue weighted by molar-refractivity contribution is 0.0696. The molecular formula is C11H8ClNO2S. The van der Waals surface area contributed by atoms with Crippen LogP contribution in [-0.2, 0) is 0 Å². The first kappa shape index (κ1) is 11.1. The molecule has 0 radical (unpaired) electrons. The van der Waals surface area contributed by atoms with Crippen molar-refractivity contribution in [3.05, 3.63) is 40.0 Å². The second kappa shape index (κ2) is 4.23. The van der Waals surface area contributed by atoms with Crippen molar-refractivity contribution in [2.24, 2.45) is 0 Å². The number of aromatic nitrogens is 1. The molecule has 0 spiro atoms. The highest BCUT2D eigenvalue weighted by Gasteiger charge is 2.15. The molecule has 1 heterocycles. The normalized spacial score (nSPS) is 10.4. The quantitative estimate of drug-likeness (QED) is 0.892. The fourth-order valence-corrected chi connectivity index (χ4v) is 2.61. The standard InChI is InChI=1S/C11H8ClNO2S/c1-6-9(16-10(13-6)11(14)15)7-4-2-3-5-8(7)12/h2-5H,1H3,(H,14,15). The third-order valence-electron chi connectivity index (χ3n) is 2.10. The van der Waals surface area contributed by atoms with Crippen LogP contribution < -0.4 is 0 Å². The number of carboxylic acid groups (broad SMARTS) is 1. The molecule has 0 aliphatic carbocycles. The summed E-state index contributed by atoms with van der Waals surface area (Å²) >= 11 is 7.19. The number of hydrogen-bond donors (Lipinski definition) is 1. The summed E-state index contributed by atoms with van der Waals surface area (Å²) < 4.78 is 0. The average Bonchev–Trinajstić information content (AvgIpc) is 2.61. The Hall–Kier alpha value is -1.39. The highest BCUT2D eigenvalue weighted by Crippen LogP contribution is 2.34. The van der Waals surface area contributed by atoms with Crippen LogP contribution in [0.25, 0.3) is 10.4 Å². The minimum atomic E-state index is -1.01. The minimum absolute atomic E-state index is 0.0902. The van der Waals surface area contributed by atoms with Crippen LogP contribution in [0, 0.1) is 6.92 Å². The van der Waals surface area contributed by atoms with E-state index in [1.807, 2.05) is 18.2 Å². The van der Waals surface area contributed by atoms with Crippen molar-refractivity contribution in [2.75, 3.05) is 0 Å². The smallest absolute Gasteiger partial charge is 0.365 e. The maximum Gasteiger partial charge on any atom is 0.365 e. The van der Waals surface area contributed by atoms with E-state index in [0.717, 1.165) is 21.8 Å². The van der Waals surface area contributed by atoms with Gasteiger partial charge in [-0.25, -0.2) is 9.78 Å². The zero-order chi connectivity index (χ0) is 11.7. The molecule has 0 aliphatic rings. The van der Waals surface area contributed by atoms with Gasteiger partial charge in [0.05, 0.1) is 10.6 Å². The topological polar surface area (TPSA) is 50.2 Å². The van der Waals surface area contributed by atoms with Gasteiger partial charge in [-0.05, 0) is 13.0 Å². The van der Waals surface area contributed by atoms with Gasteiger partial charge in [0.25, 0.3) is 0 Å². The summed E-state index contributed by atoms with van der Waals surface area (Å²) in [6.07, 6.45) is 0. The lowest BCUT2D eigenvalue weighted by atomic mass is 10.2. The molecular weight excluding hydrogens is 246 g/mol. The van der Waals surface area contributed by atoms with Gasteiger partial charge in [-0.2, -0.15) is 0 Å². The molecule has 1 aromatic heterocycles. The van der Waals surface area contributed by atoms with Crippen LogP contribution in [0.15, 0.2) is 24.3 Å². The number of thiazole rings is 1. The molecule has 1 N–H and O–H groups in total. The van der Waals surface area contributed by atoms with Gasteiger partial charge in [-0.1, -0.05) is 29.8 Å². The monoisotopic (exact) mass is 253 g/mol. The van der Waals surface area contributed by atoms with Crippen molar-refractivity contribution in [1.82, 2.24) is 4.98 Å². The molecule has 0 unspecified atom stereocenters. The van der Waals surface area contributed by atoms with E-state index in [1.165, 1.54) is 0 Å². The van der Waals surface area contributed by atoms with Gasteiger partial charge >= 0.3 is 5.97 Å². The fraction of sp³-hybridized carbons (Fsp3) is 0.0909. The molecule has 2 aromatic rings. The number of aryl methyl sites for hydroxylation is 1. The number of aromatic carboxylic acids is 1. The lowest BCUT2D eigenvalue weighted by Gasteiger charge is -2.00. The Kier molecular flexibility index (Phi) is 2.94. The summed E-state index contributed by atoms with van der Waals surface area (Å²) in [7, 11) is 0. The van der Waals surface area contributed by atoms with Crippen LogP contribution in [0.5, 0.6) is 0 Å². The van der Waals surface area contributed by atoms with Crippen molar-refractivity contribution in [1.29, 1.82) is 0 Å². The van der Waals surface area contributed by atoms with Crippen LogP contribution in [-0.4, -0.2) is 16.1 Å². The molecule has 1 aromatic carbocycles. The first-order valence-corrected chi connectivity index (χ1v) is 5.74. The molecule has 82 valence electrons. The highest BCUT2D eigenvalue weighted by atomic mass is 35.5. The number of carboxylic acids is 1. The number of benzene rings is 1. The molecule has 0 amide bonds. The number of carbonyl (C=O) groups is 1. The molecule has 2 rings (SSSR count). The van der Waals surface area contributed by atoms with Crippen LogP contribution in [0.3, 0.4) is 0 Å². The first-order chi connectivity index (χ1) is 7.59. The van der Waals surface area contributed by atoms with E-state index in [0.29, 0.717) is 10.7 Å². The molecule has 0 aliphatic heterocycles. The van der Waals surface area contributed by atoms with Crippen LogP contribution >= 0.6 is 22.9 Å². The molecule has 0 fully saturated rings. The van der Waals surface area contributed by atoms with Crippen molar-refractivity contribution < 1.29 is 9.90 Å². The first-order valence-electron chi connectivity index (χ1n) is 4.55. The molecule has 0 atom stereocenters. The third kappa shape index (κ3) is 1.94. The van der Waals surface area contributed by atoms with E-state index in [2.05, 4.69) is 4.98 Å². The van der Waals surface area contributed by atoms with Crippen LogP contribution in [0.4, 0.5) is 0 Å². The summed E-state index contributed by atoms with van der Waals surface area (Å²) in [4.78, 5) is 15.6. The predicted octanol–water partition coefficient (Wildman–Crippen LogP) is 3.47. The molecule has 16 heavy (non-hydrogen) atoms. The van der Waals surface area contributed by atoms with Crippen molar-refractivity contribution in [3.63, 3.8) is 0 Å². The number of nitrogens with zero attached hydrogens (tertiary/aromatic N) is 1. The van der Waals surface area contributed by atoms with Gasteiger partial charge in [-0.3, -0.25) is 0 Å². The summed E-state index contributed by atoms with van der Waals surface area (Å²) in [5, 5.41) is 9.55. The summed E-state index contributed by atoms with van der Waals surface area (Å²) in [5.41, 5.74) is 1.52. The van der Waals surface area contributed by atoms with Crippen molar-refractivity contribution in [2.45, 2.75) is 6.92 Å². The van der Waals surface area contributed by atoms with Gasteiger partial charge in [0, 0.05) is 10.6 Å². The number of hydrogen-bond acceptors (Lipinski definition) is 3. The molecule has 0 bridgehead atoms. The number of halogens is 1. The number of rotatable bonds is 2. The van der Waals surface area contributed by atoms with Crippen LogP contribution in [0.2, 0.25) is 5.02 Å². The largest absolute Gasteiger partial charge is 0.476 e. The Labute approximate surface area is 101 Å². The van der Waals surface area contributed by atoms with E-state index in [4.69, 9.17) is 16.7 Å². The lowest BCUT2D eigenvalue weighted by Crippen LogP contribution is -1.93. The maximum atomic E-state index is 10.8. The van der Waals surface area contributed by atoms with Gasteiger partial charge in [0.1, 0.15) is 0 Å². The Morgan fingerprint density at radius 3 is 2.69 bits per heavy atom. The van der Waals surface area contributed by atoms with Gasteiger partial charge < -0.3 is 5.11 Å². The Balaban J connectivity index is 2.57. The van der Waals surface area contributed by atoms with E-state index in [-0.39, 0.29) is 5.01 Å². The summed E-state index contributed by atoms with van der Waals surface area (Å²) in [6, 6.07) is 7.33. The second-order valence-corrected chi connectivity index (χ2v) is 4.62. The second-order valence-electron chi connectivity index (χ2n) is 3.22. The molecule has 0 saturated carbocycles. The summed E-state index contributed by atoms with van der Waals surface area (Å²) in [5.74, 6) is -1.01. The van der Waals surface area contributed by atoms with Gasteiger partial charge in [0.2, 0.25) is 5.01 Å². The van der Waals surface area contributed by atoms with Gasteiger partial charge in [0.15, 0.2) is 0 Å². The van der Waals surface area contributed by atoms with Crippen molar-refractivity contribution >= 4 is 28.9 Å². The Bertz CT molecular complexity index is 551. The average molecular weight is 254 g/mol. The SMILES string of the molecule is Cc1nc(C(=O)O)sc1-c1ccccc1Cl. The maximum absolute atomic E-state index is 10.8. The predicted molar refractivity (Wildman–Crippen MR) is 64.3 cm³/mol. The van der Waals surface area contributed by atoms with E-state index < -0.39 is 5.97 Å². The van der Waals surface area contributed by atoms with E-state index >= 15 is 0 Å². The van der Waals surface area contributed by atoms with Crippen LogP contribution in [0.1, 0.15) is 15.5 Å². The Morgan fingerprint density at radius 2 is 2.12 bits per heavy atom. The van der Waals surface area contributed by atoms with E-state index in [1.54, 1.807) is 13.0 Å². The van der Waals surface area contributed by atoms with E-state index in [9.17, 15) is 4.79 Å². The fourth-order valence-electron chi connectivity index (χ4n) is 1.38. The van der Waals surface area contributed by atoms with Crippen molar-refractivity contribution in [3.8, 4) is 10.4 Å². The zero-order valence-electron chi connectivity index (χ0n) is 8.40. The Morgan fingerprint density at radius 1 is 1.44 bits per heavy atom. The third-order valence-corrected chi connectivity index (χ3v) is 3.61.